The maximum absolute atomic E-state index is 11.9. The minimum absolute atomic E-state index is 0.188. The number of alkyl halides is 3. The van der Waals surface area contributed by atoms with Crippen molar-refractivity contribution in [1.82, 2.24) is 14.3 Å². The van der Waals surface area contributed by atoms with Crippen molar-refractivity contribution < 1.29 is 21.6 Å². The summed E-state index contributed by atoms with van der Waals surface area (Å²) >= 11 is 0. The van der Waals surface area contributed by atoms with Gasteiger partial charge in [0.05, 0.1) is 0 Å². The van der Waals surface area contributed by atoms with Crippen LogP contribution < -0.4 is 10.0 Å². The zero-order chi connectivity index (χ0) is 12.2. The van der Waals surface area contributed by atoms with Crippen LogP contribution in [0, 0.1) is 0 Å². The third-order valence-corrected chi connectivity index (χ3v) is 3.65. The molecule has 1 rings (SSSR count). The molecule has 0 saturated carbocycles. The van der Waals surface area contributed by atoms with Crippen LogP contribution >= 0.6 is 0 Å². The number of halogens is 3. The SMILES string of the molecule is O=S(=O)(NCC(F)(F)F)N1CCCNCC1. The van der Waals surface area contributed by atoms with Gasteiger partial charge in [-0.1, -0.05) is 0 Å². The fourth-order valence-electron chi connectivity index (χ4n) is 1.33. The van der Waals surface area contributed by atoms with Gasteiger partial charge in [-0.25, -0.2) is 0 Å². The topological polar surface area (TPSA) is 61.4 Å². The van der Waals surface area contributed by atoms with Gasteiger partial charge in [-0.2, -0.15) is 30.6 Å². The summed E-state index contributed by atoms with van der Waals surface area (Å²) in [5.74, 6) is 0. The molecular weight excluding hydrogens is 247 g/mol. The second kappa shape index (κ2) is 5.30. The predicted molar refractivity (Wildman–Crippen MR) is 52.0 cm³/mol. The van der Waals surface area contributed by atoms with E-state index in [-0.39, 0.29) is 13.1 Å². The molecule has 0 atom stereocenters. The standard InChI is InChI=1S/C7H14F3N3O2S/c8-7(9,10)6-12-16(14,15)13-4-1-2-11-3-5-13/h11-12H,1-6H2. The Labute approximate surface area is 92.2 Å². The van der Waals surface area contributed by atoms with Gasteiger partial charge in [0.25, 0.3) is 10.2 Å². The van der Waals surface area contributed by atoms with Crippen molar-refractivity contribution in [1.29, 1.82) is 0 Å². The van der Waals surface area contributed by atoms with Crippen molar-refractivity contribution in [2.45, 2.75) is 12.6 Å². The molecule has 1 fully saturated rings. The van der Waals surface area contributed by atoms with Gasteiger partial charge in [0, 0.05) is 19.6 Å². The average molecular weight is 261 g/mol. The van der Waals surface area contributed by atoms with Crippen LogP contribution in [0.25, 0.3) is 0 Å². The molecule has 96 valence electrons. The normalized spacial score (nSPS) is 20.7. The van der Waals surface area contributed by atoms with Crippen molar-refractivity contribution in [3.05, 3.63) is 0 Å². The summed E-state index contributed by atoms with van der Waals surface area (Å²) in [4.78, 5) is 0. The minimum atomic E-state index is -4.53. The second-order valence-corrected chi connectivity index (χ2v) is 5.20. The summed E-state index contributed by atoms with van der Waals surface area (Å²) in [6.45, 7) is 0.0187. The molecule has 0 radical (unpaired) electrons. The van der Waals surface area contributed by atoms with Crippen molar-refractivity contribution in [2.24, 2.45) is 0 Å². The van der Waals surface area contributed by atoms with Gasteiger partial charge in [-0.3, -0.25) is 0 Å². The third kappa shape index (κ3) is 4.64. The Hall–Kier alpha value is -0.380. The summed E-state index contributed by atoms with van der Waals surface area (Å²) in [5.41, 5.74) is 0. The lowest BCUT2D eigenvalue weighted by atomic mass is 10.4. The van der Waals surface area contributed by atoms with E-state index in [1.54, 1.807) is 4.72 Å². The van der Waals surface area contributed by atoms with Crippen LogP contribution in [0.15, 0.2) is 0 Å². The molecule has 0 unspecified atom stereocenters. The Morgan fingerprint density at radius 1 is 1.25 bits per heavy atom. The van der Waals surface area contributed by atoms with Gasteiger partial charge in [0.1, 0.15) is 6.54 Å². The van der Waals surface area contributed by atoms with E-state index in [1.807, 2.05) is 0 Å². The van der Waals surface area contributed by atoms with Crippen molar-refractivity contribution >= 4 is 10.2 Å². The van der Waals surface area contributed by atoms with E-state index < -0.39 is 22.9 Å². The average Bonchev–Trinajstić information content (AvgIpc) is 2.42. The molecule has 0 aromatic rings. The van der Waals surface area contributed by atoms with Crippen LogP contribution in [0.3, 0.4) is 0 Å². The first-order valence-corrected chi connectivity index (χ1v) is 6.27. The van der Waals surface area contributed by atoms with E-state index in [2.05, 4.69) is 5.32 Å². The highest BCUT2D eigenvalue weighted by atomic mass is 32.2. The highest BCUT2D eigenvalue weighted by molar-refractivity contribution is 7.87. The number of hydrogen-bond acceptors (Lipinski definition) is 3. The molecule has 0 bridgehead atoms. The third-order valence-electron chi connectivity index (χ3n) is 2.09. The van der Waals surface area contributed by atoms with Crippen molar-refractivity contribution in [3.8, 4) is 0 Å². The first-order chi connectivity index (χ1) is 7.31. The smallest absolute Gasteiger partial charge is 0.315 e. The van der Waals surface area contributed by atoms with Crippen LogP contribution in [0.4, 0.5) is 13.2 Å². The molecule has 0 amide bonds. The van der Waals surface area contributed by atoms with Crippen molar-refractivity contribution in [2.75, 3.05) is 32.7 Å². The van der Waals surface area contributed by atoms with Gasteiger partial charge in [-0.05, 0) is 13.0 Å². The Morgan fingerprint density at radius 2 is 1.94 bits per heavy atom. The first-order valence-electron chi connectivity index (χ1n) is 4.83. The van der Waals surface area contributed by atoms with E-state index in [0.717, 1.165) is 4.31 Å². The van der Waals surface area contributed by atoms with E-state index in [4.69, 9.17) is 0 Å². The number of hydrogen-bond donors (Lipinski definition) is 2. The molecule has 0 aliphatic carbocycles. The van der Waals surface area contributed by atoms with Gasteiger partial charge < -0.3 is 5.32 Å². The number of nitrogens with one attached hydrogen (secondary N) is 2. The molecule has 2 N–H and O–H groups in total. The number of rotatable bonds is 3. The van der Waals surface area contributed by atoms with Gasteiger partial charge in [0.2, 0.25) is 0 Å². The largest absolute Gasteiger partial charge is 0.402 e. The van der Waals surface area contributed by atoms with Gasteiger partial charge in [0.15, 0.2) is 0 Å². The molecule has 1 aliphatic heterocycles. The minimum Gasteiger partial charge on any atom is -0.315 e. The Bertz CT molecular complexity index is 309. The summed E-state index contributed by atoms with van der Waals surface area (Å²) in [6, 6.07) is 0. The zero-order valence-electron chi connectivity index (χ0n) is 8.55. The maximum Gasteiger partial charge on any atom is 0.402 e. The van der Waals surface area contributed by atoms with E-state index in [9.17, 15) is 21.6 Å². The highest BCUT2D eigenvalue weighted by Gasteiger charge is 2.31. The number of nitrogens with zero attached hydrogens (tertiary/aromatic N) is 1. The molecule has 1 heterocycles. The van der Waals surface area contributed by atoms with E-state index >= 15 is 0 Å². The molecular formula is C7H14F3N3O2S. The van der Waals surface area contributed by atoms with Crippen molar-refractivity contribution in [3.63, 3.8) is 0 Å². The second-order valence-electron chi connectivity index (χ2n) is 3.44. The summed E-state index contributed by atoms with van der Waals surface area (Å²) in [7, 11) is -4.02. The molecule has 0 spiro atoms. The molecule has 0 aromatic heterocycles. The lowest BCUT2D eigenvalue weighted by Crippen LogP contribution is -2.45. The van der Waals surface area contributed by atoms with Crippen LogP contribution in [0.2, 0.25) is 0 Å². The van der Waals surface area contributed by atoms with Crippen LogP contribution in [0.1, 0.15) is 6.42 Å². The quantitative estimate of drug-likeness (QED) is 0.732. The Kier molecular flexibility index (Phi) is 4.53. The molecule has 1 aliphatic rings. The van der Waals surface area contributed by atoms with Crippen LogP contribution in [-0.4, -0.2) is 51.6 Å². The molecule has 1 saturated heterocycles. The highest BCUT2D eigenvalue weighted by Crippen LogP contribution is 2.13. The molecule has 5 nitrogen and oxygen atoms in total. The summed E-state index contributed by atoms with van der Waals surface area (Å²) in [5, 5.41) is 2.97. The first kappa shape index (κ1) is 13.7. The summed E-state index contributed by atoms with van der Waals surface area (Å²) < 4.78 is 61.1. The lowest BCUT2D eigenvalue weighted by Gasteiger charge is -2.20. The predicted octanol–water partition coefficient (Wildman–Crippen LogP) is -0.322. The fraction of sp³-hybridized carbons (Fsp3) is 1.00. The monoisotopic (exact) mass is 261 g/mol. The van der Waals surface area contributed by atoms with Crippen LogP contribution in [0.5, 0.6) is 0 Å². The Morgan fingerprint density at radius 3 is 2.56 bits per heavy atom. The van der Waals surface area contributed by atoms with E-state index in [0.29, 0.717) is 19.5 Å². The zero-order valence-corrected chi connectivity index (χ0v) is 9.36. The van der Waals surface area contributed by atoms with E-state index in [1.165, 1.54) is 0 Å². The molecule has 16 heavy (non-hydrogen) atoms. The fourth-order valence-corrected chi connectivity index (χ4v) is 2.56. The van der Waals surface area contributed by atoms with Gasteiger partial charge in [-0.15, -0.1) is 0 Å². The molecule has 0 aromatic carbocycles. The summed E-state index contributed by atoms with van der Waals surface area (Å²) in [6.07, 6.45) is -3.94. The maximum atomic E-state index is 11.9. The van der Waals surface area contributed by atoms with Crippen LogP contribution in [-0.2, 0) is 10.2 Å². The Balaban J connectivity index is 2.55. The van der Waals surface area contributed by atoms with Gasteiger partial charge >= 0.3 is 6.18 Å². The lowest BCUT2D eigenvalue weighted by molar-refractivity contribution is -0.121. The molecule has 9 heteroatoms.